The summed E-state index contributed by atoms with van der Waals surface area (Å²) in [4.78, 5) is 4.67. The van der Waals surface area contributed by atoms with Gasteiger partial charge in [-0.1, -0.05) is 19.9 Å². The van der Waals surface area contributed by atoms with Crippen molar-refractivity contribution in [2.24, 2.45) is 11.1 Å². The average molecular weight is 256 g/mol. The van der Waals surface area contributed by atoms with Crippen LogP contribution in [0.3, 0.4) is 0 Å². The molecule has 2 N–H and O–H groups in total. The molecule has 0 radical (unpaired) electrons. The van der Waals surface area contributed by atoms with Crippen molar-refractivity contribution in [1.29, 1.82) is 0 Å². The van der Waals surface area contributed by atoms with E-state index in [9.17, 15) is 0 Å². The van der Waals surface area contributed by atoms with Crippen molar-refractivity contribution in [1.82, 2.24) is 4.98 Å². The van der Waals surface area contributed by atoms with Crippen LogP contribution in [0.2, 0.25) is 0 Å². The first-order valence-corrected chi connectivity index (χ1v) is 6.90. The Morgan fingerprint density at radius 2 is 1.74 bits per heavy atom. The normalized spacial score (nSPS) is 12.1. The number of aromatic nitrogens is 1. The number of aryl methyl sites for hydroxylation is 3. The molecule has 2 nitrogen and oxygen atoms in total. The monoisotopic (exact) mass is 256 g/mol. The van der Waals surface area contributed by atoms with Crippen LogP contribution < -0.4 is 5.73 Å². The van der Waals surface area contributed by atoms with Crippen LogP contribution in [0.25, 0.3) is 10.9 Å². The summed E-state index contributed by atoms with van der Waals surface area (Å²) in [7, 11) is 0. The lowest BCUT2D eigenvalue weighted by Gasteiger charge is -2.23. The molecule has 0 bridgehead atoms. The number of rotatable bonds is 3. The number of nitrogens with two attached hydrogens (primary N) is 1. The Hall–Kier alpha value is -1.41. The molecule has 0 aliphatic rings. The second-order valence-corrected chi connectivity index (χ2v) is 6.43. The van der Waals surface area contributed by atoms with E-state index in [0.717, 1.165) is 17.6 Å². The summed E-state index contributed by atoms with van der Waals surface area (Å²) in [6.07, 6.45) is 1.01. The first kappa shape index (κ1) is 14.0. The largest absolute Gasteiger partial charge is 0.330 e. The molecule has 1 aromatic heterocycles. The molecule has 0 atom stereocenters. The molecule has 2 rings (SSSR count). The summed E-state index contributed by atoms with van der Waals surface area (Å²) in [6.45, 7) is 11.5. The van der Waals surface area contributed by atoms with Crippen molar-refractivity contribution < 1.29 is 0 Å². The van der Waals surface area contributed by atoms with Gasteiger partial charge in [-0.05, 0) is 68.0 Å². The average Bonchev–Trinajstić information content (AvgIpc) is 2.30. The fourth-order valence-electron chi connectivity index (χ4n) is 2.63. The number of hydrogen-bond acceptors (Lipinski definition) is 2. The maximum absolute atomic E-state index is 5.84. The van der Waals surface area contributed by atoms with Crippen molar-refractivity contribution in [3.8, 4) is 0 Å². The lowest BCUT2D eigenvalue weighted by atomic mass is 9.85. The Balaban J connectivity index is 2.56. The fraction of sp³-hybridized carbons (Fsp3) is 0.471. The maximum Gasteiger partial charge on any atom is 0.0737 e. The minimum atomic E-state index is 0.145. The Morgan fingerprint density at radius 1 is 1.05 bits per heavy atom. The highest BCUT2D eigenvalue weighted by atomic mass is 14.7. The zero-order valence-electron chi connectivity index (χ0n) is 12.7. The van der Waals surface area contributed by atoms with Crippen LogP contribution in [0, 0.1) is 26.2 Å². The summed E-state index contributed by atoms with van der Waals surface area (Å²) in [5.41, 5.74) is 12.1. The van der Waals surface area contributed by atoms with Crippen LogP contribution in [-0.4, -0.2) is 11.5 Å². The van der Waals surface area contributed by atoms with Crippen molar-refractivity contribution in [3.63, 3.8) is 0 Å². The minimum absolute atomic E-state index is 0.145. The van der Waals surface area contributed by atoms with Crippen molar-refractivity contribution in [3.05, 3.63) is 40.6 Å². The molecule has 0 aliphatic carbocycles. The predicted molar refractivity (Wildman–Crippen MR) is 82.5 cm³/mol. The lowest BCUT2D eigenvalue weighted by molar-refractivity contribution is 0.377. The molecule has 19 heavy (non-hydrogen) atoms. The summed E-state index contributed by atoms with van der Waals surface area (Å²) in [5, 5.41) is 1.27. The maximum atomic E-state index is 5.84. The van der Waals surface area contributed by atoms with Gasteiger partial charge in [-0.3, -0.25) is 4.98 Å². The minimum Gasteiger partial charge on any atom is -0.330 e. The van der Waals surface area contributed by atoms with Gasteiger partial charge in [-0.25, -0.2) is 0 Å². The van der Waals surface area contributed by atoms with Gasteiger partial charge in [-0.2, -0.15) is 0 Å². The molecular weight excluding hydrogens is 232 g/mol. The molecule has 0 fully saturated rings. The topological polar surface area (TPSA) is 38.9 Å². The molecule has 1 heterocycles. The van der Waals surface area contributed by atoms with Crippen molar-refractivity contribution in [2.75, 3.05) is 6.54 Å². The third-order valence-electron chi connectivity index (χ3n) is 3.73. The van der Waals surface area contributed by atoms with Crippen LogP contribution >= 0.6 is 0 Å². The van der Waals surface area contributed by atoms with E-state index < -0.39 is 0 Å². The van der Waals surface area contributed by atoms with Gasteiger partial charge in [0.25, 0.3) is 0 Å². The summed E-state index contributed by atoms with van der Waals surface area (Å²) < 4.78 is 0. The van der Waals surface area contributed by atoms with E-state index in [1.807, 2.05) is 0 Å². The number of pyridine rings is 1. The van der Waals surface area contributed by atoms with Crippen LogP contribution in [-0.2, 0) is 6.42 Å². The second-order valence-electron chi connectivity index (χ2n) is 6.43. The standard InChI is InChI=1S/C17H24N2/c1-11-6-13(3)19-16-12(2)7-14(8-15(11)16)9-17(4,5)10-18/h6-8H,9-10,18H2,1-5H3. The van der Waals surface area contributed by atoms with Crippen molar-refractivity contribution >= 4 is 10.9 Å². The predicted octanol–water partition coefficient (Wildman–Crippen LogP) is 3.69. The quantitative estimate of drug-likeness (QED) is 0.909. The molecule has 2 heteroatoms. The Bertz CT molecular complexity index is 612. The van der Waals surface area contributed by atoms with Gasteiger partial charge in [0.05, 0.1) is 5.52 Å². The van der Waals surface area contributed by atoms with E-state index in [0.29, 0.717) is 6.54 Å². The van der Waals surface area contributed by atoms with Crippen LogP contribution in [0.15, 0.2) is 18.2 Å². The number of hydrogen-bond donors (Lipinski definition) is 1. The van der Waals surface area contributed by atoms with E-state index in [4.69, 9.17) is 5.73 Å². The third kappa shape index (κ3) is 2.95. The summed E-state index contributed by atoms with van der Waals surface area (Å²) in [5.74, 6) is 0. The molecule has 1 aromatic carbocycles. The zero-order valence-corrected chi connectivity index (χ0v) is 12.7. The molecule has 0 saturated carbocycles. The van der Waals surface area contributed by atoms with Gasteiger partial charge in [-0.15, -0.1) is 0 Å². The van der Waals surface area contributed by atoms with E-state index in [1.165, 1.54) is 22.1 Å². The summed E-state index contributed by atoms with van der Waals surface area (Å²) in [6, 6.07) is 6.69. The lowest BCUT2D eigenvalue weighted by Crippen LogP contribution is -2.25. The summed E-state index contributed by atoms with van der Waals surface area (Å²) >= 11 is 0. The van der Waals surface area contributed by atoms with Gasteiger partial charge in [0.15, 0.2) is 0 Å². The van der Waals surface area contributed by atoms with E-state index in [1.54, 1.807) is 0 Å². The zero-order chi connectivity index (χ0) is 14.2. The molecule has 0 aliphatic heterocycles. The van der Waals surface area contributed by atoms with E-state index >= 15 is 0 Å². The molecular formula is C17H24N2. The van der Waals surface area contributed by atoms with Crippen LogP contribution in [0.5, 0.6) is 0 Å². The van der Waals surface area contributed by atoms with Gasteiger partial charge >= 0.3 is 0 Å². The first-order valence-electron chi connectivity index (χ1n) is 6.90. The van der Waals surface area contributed by atoms with Crippen molar-refractivity contribution in [2.45, 2.75) is 41.0 Å². The molecule has 0 spiro atoms. The van der Waals surface area contributed by atoms with Gasteiger partial charge in [0.1, 0.15) is 0 Å². The SMILES string of the molecule is Cc1cc(C)c2cc(CC(C)(C)CN)cc(C)c2n1. The second kappa shape index (κ2) is 4.93. The first-order chi connectivity index (χ1) is 8.82. The highest BCUT2D eigenvalue weighted by molar-refractivity contribution is 5.85. The number of nitrogens with zero attached hydrogens (tertiary/aromatic N) is 1. The highest BCUT2D eigenvalue weighted by Gasteiger charge is 2.17. The van der Waals surface area contributed by atoms with E-state index in [-0.39, 0.29) is 5.41 Å². The Kier molecular flexibility index (Phi) is 3.64. The number of benzene rings is 1. The van der Waals surface area contributed by atoms with Crippen LogP contribution in [0.1, 0.15) is 36.2 Å². The van der Waals surface area contributed by atoms with Gasteiger partial charge < -0.3 is 5.73 Å². The molecule has 0 unspecified atom stereocenters. The fourth-order valence-corrected chi connectivity index (χ4v) is 2.63. The Morgan fingerprint density at radius 3 is 2.37 bits per heavy atom. The molecule has 0 saturated heterocycles. The van der Waals surface area contributed by atoms with Crippen LogP contribution in [0.4, 0.5) is 0 Å². The third-order valence-corrected chi connectivity index (χ3v) is 3.73. The molecule has 2 aromatic rings. The smallest absolute Gasteiger partial charge is 0.0737 e. The highest BCUT2D eigenvalue weighted by Crippen LogP contribution is 2.27. The number of fused-ring (bicyclic) bond motifs is 1. The van der Waals surface area contributed by atoms with Gasteiger partial charge in [0, 0.05) is 11.1 Å². The van der Waals surface area contributed by atoms with Gasteiger partial charge in [0.2, 0.25) is 0 Å². The Labute approximate surface area is 116 Å². The van der Waals surface area contributed by atoms with E-state index in [2.05, 4.69) is 57.8 Å². The molecule has 102 valence electrons. The molecule has 0 amide bonds.